The number of benzene rings is 4. The van der Waals surface area contributed by atoms with Crippen LogP contribution in [0.2, 0.25) is 10.0 Å². The molecule has 63 heavy (non-hydrogen) atoms. The number of likely N-dealkylation sites (tertiary alicyclic amines) is 1. The first-order valence-corrected chi connectivity index (χ1v) is 22.9. The molecule has 0 bridgehead atoms. The van der Waals surface area contributed by atoms with Gasteiger partial charge in [-0.25, -0.2) is 8.78 Å². The Balaban J connectivity index is 0.000000219. The molecular weight excluding hydrogens is 907 g/mol. The standard InChI is InChI=1S/C29H35ClFN3O2.C21H21BrClFN2O/c1-22-20-33(21-23-3-8-27(31)9-4-23)17-18-34(22)28(35)10-6-24-5-7-26(30)19-25(24)11-12-29(36)13-15-32(2)16-14-29;1-15-13-25(14-16-2-7-19(24)8-3-16)10-11-26(15)21(27)9-5-17-4-6-18(23)12-20(17)22/h3-12,19,22,36H,13-18,20-21H2,1-2H3;2-9,12,15H,10-11,13-14H2,1H3/b10-6+,12-11+;9-5+/t22-;15-/m11/s1. The normalized spacial score (nSPS) is 20.1. The van der Waals surface area contributed by atoms with Crippen molar-refractivity contribution >= 4 is 69.2 Å². The molecule has 3 aliphatic rings. The van der Waals surface area contributed by atoms with Gasteiger partial charge < -0.3 is 19.8 Å². The predicted molar refractivity (Wildman–Crippen MR) is 255 cm³/mol. The van der Waals surface area contributed by atoms with Crippen molar-refractivity contribution < 1.29 is 23.5 Å². The van der Waals surface area contributed by atoms with Gasteiger partial charge in [-0.15, -0.1) is 0 Å². The molecule has 0 saturated carbocycles. The summed E-state index contributed by atoms with van der Waals surface area (Å²) in [6, 6.07) is 24.4. The topological polar surface area (TPSA) is 70.6 Å². The van der Waals surface area contributed by atoms with Gasteiger partial charge in [0.25, 0.3) is 0 Å². The van der Waals surface area contributed by atoms with Crippen LogP contribution >= 0.6 is 39.1 Å². The van der Waals surface area contributed by atoms with Gasteiger partial charge in [0.05, 0.1) is 5.60 Å². The Kier molecular flexibility index (Phi) is 17.3. The van der Waals surface area contributed by atoms with Gasteiger partial charge in [-0.2, -0.15) is 0 Å². The second kappa shape index (κ2) is 22.6. The first-order chi connectivity index (χ1) is 30.1. The van der Waals surface area contributed by atoms with Crippen molar-refractivity contribution in [3.63, 3.8) is 0 Å². The molecule has 2 amide bonds. The largest absolute Gasteiger partial charge is 0.386 e. The smallest absolute Gasteiger partial charge is 0.246 e. The van der Waals surface area contributed by atoms with E-state index in [1.807, 2.05) is 82.6 Å². The quantitative estimate of drug-likeness (QED) is 0.160. The van der Waals surface area contributed by atoms with E-state index in [0.717, 1.165) is 84.6 Å². The highest BCUT2D eigenvalue weighted by molar-refractivity contribution is 9.10. The van der Waals surface area contributed by atoms with Crippen molar-refractivity contribution in [2.45, 2.75) is 57.5 Å². The van der Waals surface area contributed by atoms with Gasteiger partial charge >= 0.3 is 0 Å². The van der Waals surface area contributed by atoms with E-state index >= 15 is 0 Å². The second-order valence-corrected chi connectivity index (χ2v) is 18.6. The average Bonchev–Trinajstić information content (AvgIpc) is 3.25. The molecular formula is C50H56BrCl2F2N5O3. The third kappa shape index (κ3) is 14.4. The zero-order chi connectivity index (χ0) is 45.1. The zero-order valence-electron chi connectivity index (χ0n) is 36.1. The molecule has 0 spiro atoms. The summed E-state index contributed by atoms with van der Waals surface area (Å²) in [6.07, 6.45) is 12.0. The van der Waals surface area contributed by atoms with Gasteiger partial charge in [0, 0.05) is 104 Å². The number of carbonyl (C=O) groups is 2. The fourth-order valence-electron chi connectivity index (χ4n) is 8.11. The number of piperidine rings is 1. The molecule has 3 fully saturated rings. The molecule has 3 heterocycles. The molecule has 0 aliphatic carbocycles. The van der Waals surface area contributed by atoms with Crippen molar-refractivity contribution in [3.05, 3.63) is 157 Å². The monoisotopic (exact) mass is 961 g/mol. The molecule has 0 radical (unpaired) electrons. The van der Waals surface area contributed by atoms with Gasteiger partial charge in [0.1, 0.15) is 11.6 Å². The SMILES string of the molecule is C[C@@H]1CN(Cc2ccc(F)cc2)CCN1C(=O)/C=C/c1ccc(Cl)cc1/C=C/C1(O)CCN(C)CC1.C[C@@H]1CN(Cc2ccc(F)cc2)CCN1C(=O)/C=C/c1ccc(Cl)cc1Br. The lowest BCUT2D eigenvalue weighted by atomic mass is 9.90. The number of halogens is 5. The summed E-state index contributed by atoms with van der Waals surface area (Å²) in [5, 5.41) is 12.2. The van der Waals surface area contributed by atoms with Crippen LogP contribution in [-0.2, 0) is 22.7 Å². The third-order valence-electron chi connectivity index (χ3n) is 11.9. The summed E-state index contributed by atoms with van der Waals surface area (Å²) in [6.45, 7) is 11.8. The molecule has 7 rings (SSSR count). The second-order valence-electron chi connectivity index (χ2n) is 16.8. The fourth-order valence-corrected chi connectivity index (χ4v) is 9.11. The van der Waals surface area contributed by atoms with Gasteiger partial charge in [-0.1, -0.05) is 87.7 Å². The Morgan fingerprint density at radius 3 is 1.60 bits per heavy atom. The molecule has 2 atom stereocenters. The van der Waals surface area contributed by atoms with Crippen molar-refractivity contribution in [1.29, 1.82) is 0 Å². The van der Waals surface area contributed by atoms with Gasteiger partial charge in [0.15, 0.2) is 0 Å². The minimum Gasteiger partial charge on any atom is -0.386 e. The number of carbonyl (C=O) groups excluding carboxylic acids is 2. The third-order valence-corrected chi connectivity index (χ3v) is 13.0. The van der Waals surface area contributed by atoms with E-state index < -0.39 is 5.60 Å². The van der Waals surface area contributed by atoms with Crippen molar-refractivity contribution in [2.75, 3.05) is 59.4 Å². The summed E-state index contributed by atoms with van der Waals surface area (Å²) in [5.41, 5.74) is 3.98. The maximum Gasteiger partial charge on any atom is 0.246 e. The van der Waals surface area contributed by atoms with E-state index in [2.05, 4.69) is 51.5 Å². The molecule has 13 heteroatoms. The van der Waals surface area contributed by atoms with Crippen LogP contribution in [0.5, 0.6) is 0 Å². The number of piperazine rings is 2. The fraction of sp³-hybridized carbons (Fsp3) is 0.360. The minimum absolute atomic E-state index is 0.00535. The molecule has 3 saturated heterocycles. The van der Waals surface area contributed by atoms with Gasteiger partial charge in [-0.05, 0) is 122 Å². The number of hydrogen-bond donors (Lipinski definition) is 1. The zero-order valence-corrected chi connectivity index (χ0v) is 39.2. The first-order valence-electron chi connectivity index (χ1n) is 21.4. The molecule has 1 N–H and O–H groups in total. The van der Waals surface area contributed by atoms with E-state index in [0.29, 0.717) is 36.0 Å². The Morgan fingerprint density at radius 2 is 1.13 bits per heavy atom. The minimum atomic E-state index is -0.825. The summed E-state index contributed by atoms with van der Waals surface area (Å²) in [5.74, 6) is -0.471. The van der Waals surface area contributed by atoms with Crippen molar-refractivity contribution in [1.82, 2.24) is 24.5 Å². The van der Waals surface area contributed by atoms with Crippen LogP contribution in [0.1, 0.15) is 54.5 Å². The van der Waals surface area contributed by atoms with E-state index in [-0.39, 0.29) is 35.5 Å². The van der Waals surface area contributed by atoms with E-state index in [9.17, 15) is 23.5 Å². The molecule has 8 nitrogen and oxygen atoms in total. The number of rotatable bonds is 10. The first kappa shape index (κ1) is 48.3. The number of hydrogen-bond acceptors (Lipinski definition) is 6. The van der Waals surface area contributed by atoms with Crippen molar-refractivity contribution in [3.8, 4) is 0 Å². The van der Waals surface area contributed by atoms with E-state index in [4.69, 9.17) is 23.2 Å². The van der Waals surface area contributed by atoms with E-state index in [1.54, 1.807) is 24.3 Å². The predicted octanol–water partition coefficient (Wildman–Crippen LogP) is 9.68. The van der Waals surface area contributed by atoms with Crippen LogP contribution in [0.3, 0.4) is 0 Å². The average molecular weight is 964 g/mol. The Hall–Kier alpha value is -4.20. The Morgan fingerprint density at radius 1 is 0.667 bits per heavy atom. The lowest BCUT2D eigenvalue weighted by Gasteiger charge is -2.39. The van der Waals surface area contributed by atoms with Crippen LogP contribution in [0.4, 0.5) is 8.78 Å². The molecule has 0 unspecified atom stereocenters. The summed E-state index contributed by atoms with van der Waals surface area (Å²) in [7, 11) is 2.06. The van der Waals surface area contributed by atoms with Crippen LogP contribution < -0.4 is 0 Å². The highest BCUT2D eigenvalue weighted by Crippen LogP contribution is 2.27. The van der Waals surface area contributed by atoms with Crippen LogP contribution in [0.25, 0.3) is 18.2 Å². The summed E-state index contributed by atoms with van der Waals surface area (Å²) >= 11 is 15.7. The molecule has 334 valence electrons. The number of amides is 2. The molecule has 4 aromatic rings. The van der Waals surface area contributed by atoms with Crippen LogP contribution in [0, 0.1) is 11.6 Å². The van der Waals surface area contributed by atoms with Crippen LogP contribution in [0.15, 0.2) is 108 Å². The summed E-state index contributed by atoms with van der Waals surface area (Å²) < 4.78 is 27.1. The maximum absolute atomic E-state index is 13.2. The lowest BCUT2D eigenvalue weighted by Crippen LogP contribution is -2.53. The van der Waals surface area contributed by atoms with Crippen LogP contribution in [-0.4, -0.2) is 119 Å². The summed E-state index contributed by atoms with van der Waals surface area (Å²) in [4.78, 5) is 36.2. The molecule has 4 aromatic carbocycles. The van der Waals surface area contributed by atoms with E-state index in [1.165, 1.54) is 24.3 Å². The maximum atomic E-state index is 13.2. The molecule has 0 aromatic heterocycles. The van der Waals surface area contributed by atoms with Gasteiger partial charge in [-0.3, -0.25) is 19.4 Å². The highest BCUT2D eigenvalue weighted by atomic mass is 79.9. The molecule has 3 aliphatic heterocycles. The highest BCUT2D eigenvalue weighted by Gasteiger charge is 2.29. The Labute approximate surface area is 389 Å². The number of nitrogens with zero attached hydrogens (tertiary/aromatic N) is 5. The van der Waals surface area contributed by atoms with Crippen molar-refractivity contribution in [2.24, 2.45) is 0 Å². The lowest BCUT2D eigenvalue weighted by molar-refractivity contribution is -0.131. The number of aliphatic hydroxyl groups is 1. The Bertz CT molecular complexity index is 2270. The van der Waals surface area contributed by atoms with Gasteiger partial charge in [0.2, 0.25) is 11.8 Å².